The van der Waals surface area contributed by atoms with Crippen LogP contribution in [0.1, 0.15) is 5.56 Å². The highest BCUT2D eigenvalue weighted by molar-refractivity contribution is 5.46. The zero-order chi connectivity index (χ0) is 15.2. The van der Waals surface area contributed by atoms with Crippen LogP contribution < -0.4 is 4.90 Å². The van der Waals surface area contributed by atoms with Crippen LogP contribution in [0.4, 0.5) is 10.1 Å². The fraction of sp³-hybridized carbons (Fsp3) is 0.263. The molecule has 0 N–H and O–H groups in total. The van der Waals surface area contributed by atoms with Crippen molar-refractivity contribution in [2.24, 2.45) is 0 Å². The third-order valence-electron chi connectivity index (χ3n) is 3.87. The maximum Gasteiger partial charge on any atom is 0.123 e. The molecule has 2 aromatic rings. The maximum absolute atomic E-state index is 12.8. The highest BCUT2D eigenvalue weighted by atomic mass is 19.1. The highest BCUT2D eigenvalue weighted by Crippen LogP contribution is 2.15. The van der Waals surface area contributed by atoms with Crippen LogP contribution in [0.25, 0.3) is 0 Å². The molecule has 2 aromatic carbocycles. The molecule has 0 aliphatic carbocycles. The minimum atomic E-state index is -0.220. The Kier molecular flexibility index (Phi) is 4.72. The zero-order valence-electron chi connectivity index (χ0n) is 12.5. The molecule has 0 aromatic heterocycles. The van der Waals surface area contributed by atoms with Gasteiger partial charge >= 0.3 is 0 Å². The normalized spacial score (nSPS) is 15.2. The summed E-state index contributed by atoms with van der Waals surface area (Å²) in [6, 6.07) is 16.8. The van der Waals surface area contributed by atoms with Gasteiger partial charge in [0.2, 0.25) is 0 Å². The van der Waals surface area contributed by atoms with Crippen LogP contribution in [0.15, 0.2) is 54.6 Å². The van der Waals surface area contributed by atoms with E-state index in [2.05, 4.69) is 45.9 Å². The van der Waals surface area contributed by atoms with Crippen molar-refractivity contribution in [2.75, 3.05) is 37.6 Å². The molecule has 1 aliphatic rings. The van der Waals surface area contributed by atoms with E-state index in [1.54, 1.807) is 12.1 Å². The summed E-state index contributed by atoms with van der Waals surface area (Å²) in [5.41, 5.74) is 2.16. The van der Waals surface area contributed by atoms with Crippen LogP contribution in [0.3, 0.4) is 0 Å². The predicted octanol–water partition coefficient (Wildman–Crippen LogP) is 3.00. The third-order valence-corrected chi connectivity index (χ3v) is 3.87. The van der Waals surface area contributed by atoms with Crippen LogP contribution in [-0.2, 0) is 0 Å². The van der Waals surface area contributed by atoms with Gasteiger partial charge < -0.3 is 4.90 Å². The zero-order valence-corrected chi connectivity index (χ0v) is 12.5. The van der Waals surface area contributed by atoms with E-state index in [-0.39, 0.29) is 5.82 Å². The molecular weight excluding hydrogens is 275 g/mol. The number of hydrogen-bond donors (Lipinski definition) is 0. The molecule has 2 nitrogen and oxygen atoms in total. The number of nitrogens with zero attached hydrogens (tertiary/aromatic N) is 2. The van der Waals surface area contributed by atoms with Crippen LogP contribution in [0, 0.1) is 17.7 Å². The molecule has 0 saturated carbocycles. The van der Waals surface area contributed by atoms with E-state index >= 15 is 0 Å². The van der Waals surface area contributed by atoms with E-state index in [9.17, 15) is 4.39 Å². The summed E-state index contributed by atoms with van der Waals surface area (Å²) in [6.45, 7) is 4.87. The number of piperazine rings is 1. The van der Waals surface area contributed by atoms with Crippen LogP contribution in [-0.4, -0.2) is 37.6 Å². The van der Waals surface area contributed by atoms with Gasteiger partial charge in [0.25, 0.3) is 0 Å². The molecule has 0 bridgehead atoms. The molecule has 1 heterocycles. The highest BCUT2D eigenvalue weighted by Gasteiger charge is 2.15. The van der Waals surface area contributed by atoms with Crippen molar-refractivity contribution >= 4 is 5.69 Å². The average molecular weight is 294 g/mol. The summed E-state index contributed by atoms with van der Waals surface area (Å²) in [4.78, 5) is 4.76. The molecule has 0 spiro atoms. The molecule has 3 heteroatoms. The Morgan fingerprint density at radius 2 is 1.55 bits per heavy atom. The fourth-order valence-electron chi connectivity index (χ4n) is 2.59. The van der Waals surface area contributed by atoms with Crippen molar-refractivity contribution in [3.8, 4) is 11.8 Å². The standard InChI is InChI=1S/C19H19FN2/c20-18-10-8-17(9-11-18)5-4-12-21-13-15-22(16-14-21)19-6-2-1-3-7-19/h1-3,6-11H,12-16H2. The Balaban J connectivity index is 1.49. The number of anilines is 1. The minimum Gasteiger partial charge on any atom is -0.369 e. The molecule has 0 atom stereocenters. The van der Waals surface area contributed by atoms with Crippen molar-refractivity contribution in [3.63, 3.8) is 0 Å². The second-order valence-electron chi connectivity index (χ2n) is 5.41. The van der Waals surface area contributed by atoms with Crippen LogP contribution >= 0.6 is 0 Å². The quantitative estimate of drug-likeness (QED) is 0.786. The third kappa shape index (κ3) is 3.87. The Bertz CT molecular complexity index is 647. The molecule has 3 rings (SSSR count). The molecule has 0 radical (unpaired) electrons. The average Bonchev–Trinajstić information content (AvgIpc) is 2.58. The summed E-state index contributed by atoms with van der Waals surface area (Å²) >= 11 is 0. The van der Waals surface area contributed by atoms with Gasteiger partial charge in [-0.2, -0.15) is 0 Å². The molecule has 1 fully saturated rings. The first-order valence-electron chi connectivity index (χ1n) is 7.58. The summed E-state index contributed by atoms with van der Waals surface area (Å²) in [6.07, 6.45) is 0. The molecule has 1 saturated heterocycles. The molecule has 22 heavy (non-hydrogen) atoms. The molecule has 0 unspecified atom stereocenters. The van der Waals surface area contributed by atoms with Crippen molar-refractivity contribution in [2.45, 2.75) is 0 Å². The van der Waals surface area contributed by atoms with E-state index in [1.165, 1.54) is 17.8 Å². The molecule has 0 amide bonds. The smallest absolute Gasteiger partial charge is 0.123 e. The lowest BCUT2D eigenvalue weighted by Gasteiger charge is -2.35. The van der Waals surface area contributed by atoms with Gasteiger partial charge in [0, 0.05) is 37.4 Å². The Hall–Kier alpha value is -2.31. The van der Waals surface area contributed by atoms with Crippen molar-refractivity contribution < 1.29 is 4.39 Å². The monoisotopic (exact) mass is 294 g/mol. The Morgan fingerprint density at radius 1 is 0.864 bits per heavy atom. The number of rotatable bonds is 2. The number of hydrogen-bond acceptors (Lipinski definition) is 2. The molecule has 1 aliphatic heterocycles. The van der Waals surface area contributed by atoms with E-state index in [0.717, 1.165) is 38.3 Å². The van der Waals surface area contributed by atoms with Crippen molar-refractivity contribution in [1.29, 1.82) is 0 Å². The molecular formula is C19H19FN2. The summed E-state index contributed by atoms with van der Waals surface area (Å²) in [7, 11) is 0. The molecule has 112 valence electrons. The van der Waals surface area contributed by atoms with Gasteiger partial charge in [-0.25, -0.2) is 4.39 Å². The lowest BCUT2D eigenvalue weighted by molar-refractivity contribution is 0.288. The van der Waals surface area contributed by atoms with Gasteiger partial charge in [-0.1, -0.05) is 30.0 Å². The van der Waals surface area contributed by atoms with E-state index in [4.69, 9.17) is 0 Å². The topological polar surface area (TPSA) is 6.48 Å². The van der Waals surface area contributed by atoms with Gasteiger partial charge in [-0.3, -0.25) is 4.90 Å². The lowest BCUT2D eigenvalue weighted by atomic mass is 10.2. The second-order valence-corrected chi connectivity index (χ2v) is 5.41. The van der Waals surface area contributed by atoms with Crippen LogP contribution in [0.2, 0.25) is 0 Å². The van der Waals surface area contributed by atoms with E-state index in [1.807, 2.05) is 6.07 Å². The minimum absolute atomic E-state index is 0.220. The van der Waals surface area contributed by atoms with Gasteiger partial charge in [0.1, 0.15) is 5.82 Å². The second kappa shape index (κ2) is 7.11. The number of para-hydroxylation sites is 1. The van der Waals surface area contributed by atoms with E-state index in [0.29, 0.717) is 0 Å². The van der Waals surface area contributed by atoms with Crippen LogP contribution in [0.5, 0.6) is 0 Å². The first kappa shape index (κ1) is 14.6. The van der Waals surface area contributed by atoms with Crippen molar-refractivity contribution in [1.82, 2.24) is 4.90 Å². The maximum atomic E-state index is 12.8. The van der Waals surface area contributed by atoms with Gasteiger partial charge in [-0.15, -0.1) is 0 Å². The Morgan fingerprint density at radius 3 is 2.23 bits per heavy atom. The SMILES string of the molecule is Fc1ccc(C#CCN2CCN(c3ccccc3)CC2)cc1. The van der Waals surface area contributed by atoms with Gasteiger partial charge in [0.15, 0.2) is 0 Å². The Labute approximate surface area is 131 Å². The number of halogens is 1. The van der Waals surface area contributed by atoms with Gasteiger partial charge in [0.05, 0.1) is 6.54 Å². The predicted molar refractivity (Wildman–Crippen MR) is 88.4 cm³/mol. The number of benzene rings is 2. The van der Waals surface area contributed by atoms with E-state index < -0.39 is 0 Å². The fourth-order valence-corrected chi connectivity index (χ4v) is 2.59. The summed E-state index contributed by atoms with van der Waals surface area (Å²) < 4.78 is 12.8. The van der Waals surface area contributed by atoms with Crippen molar-refractivity contribution in [3.05, 3.63) is 66.0 Å². The first-order chi connectivity index (χ1) is 10.8. The lowest BCUT2D eigenvalue weighted by Crippen LogP contribution is -2.46. The first-order valence-corrected chi connectivity index (χ1v) is 7.58. The summed E-state index contributed by atoms with van der Waals surface area (Å²) in [5, 5.41) is 0. The largest absolute Gasteiger partial charge is 0.369 e. The summed E-state index contributed by atoms with van der Waals surface area (Å²) in [5.74, 6) is 6.05. The van der Waals surface area contributed by atoms with Gasteiger partial charge in [-0.05, 0) is 36.4 Å².